The van der Waals surface area contributed by atoms with Crippen LogP contribution in [0.2, 0.25) is 0 Å². The molecule has 1 saturated heterocycles. The van der Waals surface area contributed by atoms with Gasteiger partial charge in [-0.2, -0.15) is 0 Å². The van der Waals surface area contributed by atoms with E-state index in [2.05, 4.69) is 15.2 Å². The minimum atomic E-state index is -0.300. The zero-order chi connectivity index (χ0) is 19.1. The SMILES string of the molecule is O=C(c1ccccn1)N1CCC2(CCn3c2nnc(-c2ccccc2)c3=O)C1. The predicted molar refractivity (Wildman–Crippen MR) is 103 cm³/mol. The fourth-order valence-electron chi connectivity index (χ4n) is 4.32. The normalized spacial score (nSPS) is 20.5. The molecular formula is C21H19N5O2. The standard InChI is InChI=1S/C21H19N5O2/c27-18(16-8-4-5-11-22-16)25-12-9-21(14-25)10-13-26-19(28)17(23-24-20(21)26)15-6-2-1-3-7-15/h1-8,11H,9-10,12-14H2. The number of pyridine rings is 1. The fourth-order valence-corrected chi connectivity index (χ4v) is 4.32. The van der Waals surface area contributed by atoms with Crippen LogP contribution in [0.1, 0.15) is 29.2 Å². The van der Waals surface area contributed by atoms with E-state index in [4.69, 9.17) is 0 Å². The summed E-state index contributed by atoms with van der Waals surface area (Å²) in [7, 11) is 0. The van der Waals surface area contributed by atoms with Crippen LogP contribution in [-0.4, -0.2) is 43.6 Å². The summed E-state index contributed by atoms with van der Waals surface area (Å²) < 4.78 is 1.74. The smallest absolute Gasteiger partial charge is 0.280 e. The maximum Gasteiger partial charge on any atom is 0.280 e. The Balaban J connectivity index is 1.47. The number of likely N-dealkylation sites (tertiary alicyclic amines) is 1. The molecule has 1 amide bonds. The maximum absolute atomic E-state index is 13.0. The average molecular weight is 373 g/mol. The molecule has 7 heteroatoms. The lowest BCUT2D eigenvalue weighted by molar-refractivity contribution is 0.0777. The molecule has 0 bridgehead atoms. The van der Waals surface area contributed by atoms with Gasteiger partial charge >= 0.3 is 0 Å². The van der Waals surface area contributed by atoms with Crippen molar-refractivity contribution in [3.05, 3.63) is 76.6 Å². The first kappa shape index (κ1) is 16.8. The third-order valence-corrected chi connectivity index (χ3v) is 5.81. The number of hydrogen-bond acceptors (Lipinski definition) is 5. The highest BCUT2D eigenvalue weighted by Gasteiger charge is 2.48. The van der Waals surface area contributed by atoms with Crippen LogP contribution in [0.4, 0.5) is 0 Å². The zero-order valence-electron chi connectivity index (χ0n) is 15.3. The summed E-state index contributed by atoms with van der Waals surface area (Å²) in [6, 6.07) is 14.7. The van der Waals surface area contributed by atoms with Gasteiger partial charge in [-0.15, -0.1) is 10.2 Å². The number of aromatic nitrogens is 4. The Hall–Kier alpha value is -3.35. The van der Waals surface area contributed by atoms with E-state index in [0.717, 1.165) is 18.4 Å². The van der Waals surface area contributed by atoms with Crippen LogP contribution >= 0.6 is 0 Å². The van der Waals surface area contributed by atoms with Crippen molar-refractivity contribution < 1.29 is 4.79 Å². The number of amides is 1. The largest absolute Gasteiger partial charge is 0.336 e. The van der Waals surface area contributed by atoms with E-state index in [0.29, 0.717) is 36.8 Å². The van der Waals surface area contributed by atoms with Crippen LogP contribution in [0.5, 0.6) is 0 Å². The molecule has 1 aromatic carbocycles. The molecule has 0 aliphatic carbocycles. The minimum absolute atomic E-state index is 0.0767. The molecule has 1 atom stereocenters. The van der Waals surface area contributed by atoms with E-state index in [9.17, 15) is 9.59 Å². The van der Waals surface area contributed by atoms with Gasteiger partial charge in [0.05, 0.1) is 5.41 Å². The molecule has 28 heavy (non-hydrogen) atoms. The van der Waals surface area contributed by atoms with Gasteiger partial charge in [0.15, 0.2) is 5.69 Å². The van der Waals surface area contributed by atoms with Crippen molar-refractivity contribution in [2.75, 3.05) is 13.1 Å². The molecule has 1 unspecified atom stereocenters. The number of rotatable bonds is 2. The highest BCUT2D eigenvalue weighted by molar-refractivity contribution is 5.92. The highest BCUT2D eigenvalue weighted by Crippen LogP contribution is 2.41. The Kier molecular flexibility index (Phi) is 3.82. The summed E-state index contributed by atoms with van der Waals surface area (Å²) in [6.07, 6.45) is 3.20. The molecule has 1 spiro atoms. The maximum atomic E-state index is 13.0. The van der Waals surface area contributed by atoms with Gasteiger partial charge in [-0.05, 0) is 25.0 Å². The van der Waals surface area contributed by atoms with Crippen LogP contribution in [-0.2, 0) is 12.0 Å². The zero-order valence-corrected chi connectivity index (χ0v) is 15.3. The summed E-state index contributed by atoms with van der Waals surface area (Å²) >= 11 is 0. The Morgan fingerprint density at radius 3 is 2.54 bits per heavy atom. The lowest BCUT2D eigenvalue weighted by atomic mass is 9.85. The third kappa shape index (κ3) is 2.54. The first-order chi connectivity index (χ1) is 13.7. The monoisotopic (exact) mass is 373 g/mol. The molecule has 7 nitrogen and oxygen atoms in total. The summed E-state index contributed by atoms with van der Waals surface area (Å²) in [5.74, 6) is 0.626. The summed E-state index contributed by atoms with van der Waals surface area (Å²) in [5, 5.41) is 8.73. The van der Waals surface area contributed by atoms with Gasteiger partial charge in [0, 0.05) is 31.4 Å². The van der Waals surface area contributed by atoms with Crippen molar-refractivity contribution >= 4 is 5.91 Å². The Labute approximate surface area is 161 Å². The quantitative estimate of drug-likeness (QED) is 0.685. The lowest BCUT2D eigenvalue weighted by Crippen LogP contribution is -2.35. The topological polar surface area (TPSA) is 81.0 Å². The summed E-state index contributed by atoms with van der Waals surface area (Å²) in [5.41, 5.74) is 1.18. The number of nitrogens with zero attached hydrogens (tertiary/aromatic N) is 5. The predicted octanol–water partition coefficient (Wildman–Crippen LogP) is 1.89. The molecular weight excluding hydrogens is 354 g/mol. The summed E-state index contributed by atoms with van der Waals surface area (Å²) in [4.78, 5) is 31.8. The van der Waals surface area contributed by atoms with E-state index >= 15 is 0 Å². The minimum Gasteiger partial charge on any atom is -0.336 e. The molecule has 3 aromatic rings. The molecule has 140 valence electrons. The van der Waals surface area contributed by atoms with E-state index in [-0.39, 0.29) is 16.9 Å². The van der Waals surface area contributed by atoms with Crippen molar-refractivity contribution in [2.24, 2.45) is 0 Å². The number of benzene rings is 1. The molecule has 0 saturated carbocycles. The Morgan fingerprint density at radius 1 is 0.964 bits per heavy atom. The van der Waals surface area contributed by atoms with Crippen molar-refractivity contribution in [2.45, 2.75) is 24.8 Å². The van der Waals surface area contributed by atoms with Crippen molar-refractivity contribution in [1.29, 1.82) is 0 Å². The molecule has 4 heterocycles. The fraction of sp³-hybridized carbons (Fsp3) is 0.286. The van der Waals surface area contributed by atoms with Crippen molar-refractivity contribution in [3.8, 4) is 11.3 Å². The third-order valence-electron chi connectivity index (χ3n) is 5.81. The van der Waals surface area contributed by atoms with Gasteiger partial charge in [0.1, 0.15) is 11.5 Å². The van der Waals surface area contributed by atoms with E-state index < -0.39 is 0 Å². The second-order valence-electron chi connectivity index (χ2n) is 7.42. The Morgan fingerprint density at radius 2 is 1.75 bits per heavy atom. The van der Waals surface area contributed by atoms with Crippen LogP contribution in [0.3, 0.4) is 0 Å². The van der Waals surface area contributed by atoms with Crippen LogP contribution in [0.15, 0.2) is 59.5 Å². The molecule has 2 aliphatic rings. The average Bonchev–Trinajstić information content (AvgIpc) is 3.34. The van der Waals surface area contributed by atoms with E-state index in [1.807, 2.05) is 41.3 Å². The molecule has 1 fully saturated rings. The first-order valence-corrected chi connectivity index (χ1v) is 9.42. The summed E-state index contributed by atoms with van der Waals surface area (Å²) in [6.45, 7) is 1.78. The first-order valence-electron chi connectivity index (χ1n) is 9.42. The Bertz CT molecular complexity index is 1100. The molecule has 5 rings (SSSR count). The van der Waals surface area contributed by atoms with Crippen LogP contribution in [0, 0.1) is 0 Å². The molecule has 0 N–H and O–H groups in total. The van der Waals surface area contributed by atoms with Gasteiger partial charge in [0.25, 0.3) is 11.5 Å². The van der Waals surface area contributed by atoms with Gasteiger partial charge in [-0.3, -0.25) is 19.1 Å². The molecule has 2 aliphatic heterocycles. The van der Waals surface area contributed by atoms with Crippen molar-refractivity contribution in [3.63, 3.8) is 0 Å². The number of hydrogen-bond donors (Lipinski definition) is 0. The number of fused-ring (bicyclic) bond motifs is 2. The highest BCUT2D eigenvalue weighted by atomic mass is 16.2. The van der Waals surface area contributed by atoms with Gasteiger partial charge in [-0.1, -0.05) is 36.4 Å². The second-order valence-corrected chi connectivity index (χ2v) is 7.42. The second kappa shape index (κ2) is 6.37. The molecule has 2 aromatic heterocycles. The van der Waals surface area contributed by atoms with E-state index in [1.165, 1.54) is 0 Å². The number of carbonyl (C=O) groups is 1. The van der Waals surface area contributed by atoms with E-state index in [1.54, 1.807) is 22.9 Å². The van der Waals surface area contributed by atoms with Gasteiger partial charge in [0.2, 0.25) is 0 Å². The molecule has 0 radical (unpaired) electrons. The van der Waals surface area contributed by atoms with Crippen LogP contribution in [0.25, 0.3) is 11.3 Å². The van der Waals surface area contributed by atoms with Crippen molar-refractivity contribution in [1.82, 2.24) is 24.6 Å². The number of carbonyl (C=O) groups excluding carboxylic acids is 1. The lowest BCUT2D eigenvalue weighted by Gasteiger charge is -2.22. The van der Waals surface area contributed by atoms with Gasteiger partial charge < -0.3 is 4.90 Å². The van der Waals surface area contributed by atoms with Gasteiger partial charge in [-0.25, -0.2) is 0 Å². The van der Waals surface area contributed by atoms with Crippen LogP contribution < -0.4 is 5.56 Å².